The van der Waals surface area contributed by atoms with Crippen LogP contribution < -0.4 is 0 Å². The average molecular weight is 235 g/mol. The number of rotatable bonds is 3. The van der Waals surface area contributed by atoms with E-state index in [0.29, 0.717) is 16.7 Å². The number of aromatic nitrogens is 1. The largest absolute Gasteiger partial charge is 0.505 e. The zero-order valence-corrected chi connectivity index (χ0v) is 9.54. The van der Waals surface area contributed by atoms with Crippen molar-refractivity contribution >= 4 is 17.1 Å². The molecule has 0 radical (unpaired) electrons. The van der Waals surface area contributed by atoms with Gasteiger partial charge in [-0.3, -0.25) is 4.79 Å². The molecule has 1 aromatic heterocycles. The molecule has 0 aliphatic heterocycles. The summed E-state index contributed by atoms with van der Waals surface area (Å²) in [5.74, 6) is -1.95. The molecule has 2 N–H and O–H groups in total. The molecule has 2 aromatic rings. The SMILES string of the molecule is CC(C)C(C(=O)O)c1ccc2ocnc2c1O. The molecule has 0 aliphatic rings. The van der Waals surface area contributed by atoms with E-state index in [1.807, 2.05) is 0 Å². The van der Waals surface area contributed by atoms with Gasteiger partial charge in [-0.1, -0.05) is 19.9 Å². The molecule has 0 fully saturated rings. The van der Waals surface area contributed by atoms with Crippen LogP contribution in [0.2, 0.25) is 0 Å². The third-order valence-electron chi connectivity index (χ3n) is 2.77. The average Bonchev–Trinajstić information content (AvgIpc) is 2.69. The molecule has 0 bridgehead atoms. The summed E-state index contributed by atoms with van der Waals surface area (Å²) in [6.45, 7) is 3.59. The Bertz CT molecular complexity index is 559. The molecule has 0 saturated carbocycles. The van der Waals surface area contributed by atoms with Crippen molar-refractivity contribution in [3.05, 3.63) is 24.1 Å². The van der Waals surface area contributed by atoms with Gasteiger partial charge in [-0.25, -0.2) is 4.98 Å². The molecule has 1 atom stereocenters. The molecule has 5 heteroatoms. The van der Waals surface area contributed by atoms with Crippen molar-refractivity contribution in [2.45, 2.75) is 19.8 Å². The maximum atomic E-state index is 11.2. The Morgan fingerprint density at radius 1 is 1.41 bits per heavy atom. The van der Waals surface area contributed by atoms with Crippen molar-refractivity contribution in [2.24, 2.45) is 5.92 Å². The van der Waals surface area contributed by atoms with Gasteiger partial charge >= 0.3 is 5.97 Å². The summed E-state index contributed by atoms with van der Waals surface area (Å²) in [7, 11) is 0. The zero-order chi connectivity index (χ0) is 12.6. The fourth-order valence-corrected chi connectivity index (χ4v) is 1.96. The monoisotopic (exact) mass is 235 g/mol. The van der Waals surface area contributed by atoms with Gasteiger partial charge in [0.1, 0.15) is 5.75 Å². The Morgan fingerprint density at radius 2 is 2.12 bits per heavy atom. The van der Waals surface area contributed by atoms with Gasteiger partial charge in [0.15, 0.2) is 17.5 Å². The summed E-state index contributed by atoms with van der Waals surface area (Å²) in [6.07, 6.45) is 1.22. The molecular formula is C12H13NO4. The number of phenols is 1. The zero-order valence-electron chi connectivity index (χ0n) is 9.54. The maximum absolute atomic E-state index is 11.2. The first-order valence-electron chi connectivity index (χ1n) is 5.30. The Hall–Kier alpha value is -2.04. The highest BCUT2D eigenvalue weighted by Gasteiger charge is 2.27. The van der Waals surface area contributed by atoms with Gasteiger partial charge in [0.2, 0.25) is 0 Å². The van der Waals surface area contributed by atoms with Crippen molar-refractivity contribution < 1.29 is 19.4 Å². The number of nitrogens with zero attached hydrogens (tertiary/aromatic N) is 1. The van der Waals surface area contributed by atoms with E-state index in [2.05, 4.69) is 4.98 Å². The Labute approximate surface area is 97.7 Å². The number of carboxylic acid groups (broad SMARTS) is 1. The van der Waals surface area contributed by atoms with Crippen LogP contribution in [0.1, 0.15) is 25.3 Å². The highest BCUT2D eigenvalue weighted by molar-refractivity contribution is 5.85. The summed E-state index contributed by atoms with van der Waals surface area (Å²) in [5, 5.41) is 19.2. The number of oxazole rings is 1. The number of aliphatic carboxylic acids is 1. The third kappa shape index (κ3) is 1.84. The first-order chi connectivity index (χ1) is 8.02. The minimum Gasteiger partial charge on any atom is -0.505 e. The number of hydrogen-bond acceptors (Lipinski definition) is 4. The molecule has 1 heterocycles. The minimum atomic E-state index is -0.960. The van der Waals surface area contributed by atoms with Gasteiger partial charge in [-0.2, -0.15) is 0 Å². The van der Waals surface area contributed by atoms with Crippen LogP contribution >= 0.6 is 0 Å². The van der Waals surface area contributed by atoms with Gasteiger partial charge in [0.05, 0.1) is 5.92 Å². The molecule has 5 nitrogen and oxygen atoms in total. The molecule has 17 heavy (non-hydrogen) atoms. The normalized spacial score (nSPS) is 13.1. The van der Waals surface area contributed by atoms with Crippen molar-refractivity contribution in [1.29, 1.82) is 0 Å². The lowest BCUT2D eigenvalue weighted by atomic mass is 9.88. The number of hydrogen-bond donors (Lipinski definition) is 2. The quantitative estimate of drug-likeness (QED) is 0.853. The van der Waals surface area contributed by atoms with Crippen LogP contribution in [0.3, 0.4) is 0 Å². The molecule has 90 valence electrons. The smallest absolute Gasteiger partial charge is 0.311 e. The van der Waals surface area contributed by atoms with Crippen molar-refractivity contribution in [2.75, 3.05) is 0 Å². The van der Waals surface area contributed by atoms with Gasteiger partial charge < -0.3 is 14.6 Å². The molecule has 1 unspecified atom stereocenters. The van der Waals surface area contributed by atoms with E-state index in [9.17, 15) is 15.0 Å². The van der Waals surface area contributed by atoms with E-state index in [-0.39, 0.29) is 11.7 Å². The van der Waals surface area contributed by atoms with Crippen LogP contribution in [0, 0.1) is 5.92 Å². The fraction of sp³-hybridized carbons (Fsp3) is 0.333. The second kappa shape index (κ2) is 4.08. The van der Waals surface area contributed by atoms with Gasteiger partial charge in [-0.05, 0) is 12.0 Å². The highest BCUT2D eigenvalue weighted by Crippen LogP contribution is 2.36. The summed E-state index contributed by atoms with van der Waals surface area (Å²) in [4.78, 5) is 15.1. The molecule has 0 spiro atoms. The van der Waals surface area contributed by atoms with Crippen LogP contribution in [0.15, 0.2) is 22.9 Å². The van der Waals surface area contributed by atoms with E-state index >= 15 is 0 Å². The molecule has 0 aliphatic carbocycles. The molecular weight excluding hydrogens is 222 g/mol. The lowest BCUT2D eigenvalue weighted by Gasteiger charge is -2.17. The lowest BCUT2D eigenvalue weighted by Crippen LogP contribution is -2.17. The summed E-state index contributed by atoms with van der Waals surface area (Å²) >= 11 is 0. The summed E-state index contributed by atoms with van der Waals surface area (Å²) in [5.41, 5.74) is 1.11. The predicted molar refractivity (Wildman–Crippen MR) is 60.9 cm³/mol. The van der Waals surface area contributed by atoms with Crippen molar-refractivity contribution in [3.8, 4) is 5.75 Å². The standard InChI is InChI=1S/C12H13NO4/c1-6(2)9(12(15)16)7-3-4-8-10(11(7)14)13-5-17-8/h3-6,9,14H,1-2H3,(H,15,16). The van der Waals surface area contributed by atoms with Gasteiger partial charge in [0, 0.05) is 5.56 Å². The van der Waals surface area contributed by atoms with E-state index in [1.54, 1.807) is 26.0 Å². The summed E-state index contributed by atoms with van der Waals surface area (Å²) < 4.78 is 5.04. The Kier molecular flexibility index (Phi) is 2.75. The first-order valence-corrected chi connectivity index (χ1v) is 5.30. The number of aromatic hydroxyl groups is 1. The van der Waals surface area contributed by atoms with E-state index in [4.69, 9.17) is 4.42 Å². The first kappa shape index (κ1) is 11.4. The van der Waals surface area contributed by atoms with E-state index in [0.717, 1.165) is 0 Å². The topological polar surface area (TPSA) is 83.6 Å². The fourth-order valence-electron chi connectivity index (χ4n) is 1.96. The molecule has 0 saturated heterocycles. The van der Waals surface area contributed by atoms with Crippen LogP contribution in [0.4, 0.5) is 0 Å². The molecule has 0 amide bonds. The molecule has 1 aromatic carbocycles. The van der Waals surface area contributed by atoms with Crippen LogP contribution in [0.25, 0.3) is 11.1 Å². The van der Waals surface area contributed by atoms with E-state index in [1.165, 1.54) is 6.39 Å². The minimum absolute atomic E-state index is 0.114. The maximum Gasteiger partial charge on any atom is 0.311 e. The van der Waals surface area contributed by atoms with Gasteiger partial charge in [0.25, 0.3) is 0 Å². The van der Waals surface area contributed by atoms with Crippen molar-refractivity contribution in [1.82, 2.24) is 4.98 Å². The van der Waals surface area contributed by atoms with E-state index < -0.39 is 11.9 Å². The number of carbonyl (C=O) groups is 1. The Balaban J connectivity index is 2.61. The number of benzene rings is 1. The number of phenolic OH excluding ortho intramolecular Hbond substituents is 1. The third-order valence-corrected chi connectivity index (χ3v) is 2.77. The highest BCUT2D eigenvalue weighted by atomic mass is 16.4. The lowest BCUT2D eigenvalue weighted by molar-refractivity contribution is -0.139. The second-order valence-electron chi connectivity index (χ2n) is 4.26. The van der Waals surface area contributed by atoms with Crippen LogP contribution in [-0.4, -0.2) is 21.2 Å². The van der Waals surface area contributed by atoms with Crippen LogP contribution in [-0.2, 0) is 4.79 Å². The predicted octanol–water partition coefficient (Wildman–Crippen LogP) is 2.36. The molecule has 2 rings (SSSR count). The van der Waals surface area contributed by atoms with Crippen molar-refractivity contribution in [3.63, 3.8) is 0 Å². The van der Waals surface area contributed by atoms with Gasteiger partial charge in [-0.15, -0.1) is 0 Å². The number of carboxylic acids is 1. The second-order valence-corrected chi connectivity index (χ2v) is 4.26. The van der Waals surface area contributed by atoms with Crippen LogP contribution in [0.5, 0.6) is 5.75 Å². The summed E-state index contributed by atoms with van der Waals surface area (Å²) in [6, 6.07) is 3.19. The number of fused-ring (bicyclic) bond motifs is 1. The Morgan fingerprint density at radius 3 is 2.71 bits per heavy atom.